The van der Waals surface area contributed by atoms with Crippen LogP contribution in [-0.2, 0) is 19.2 Å². The van der Waals surface area contributed by atoms with E-state index in [0.29, 0.717) is 0 Å². The molecule has 28 heavy (non-hydrogen) atoms. The predicted octanol–water partition coefficient (Wildman–Crippen LogP) is 7.36. The molecule has 4 heteroatoms. The molecule has 2 aromatic rings. The molecule has 0 heterocycles. The maximum atomic E-state index is 17.7. The zero-order valence-electron chi connectivity index (χ0n) is 17.6. The summed E-state index contributed by atoms with van der Waals surface area (Å²) in [5, 5.41) is 0. The third-order valence-corrected chi connectivity index (χ3v) is 38.8. The topological polar surface area (TPSA) is 0 Å². The van der Waals surface area contributed by atoms with Gasteiger partial charge in [-0.1, -0.05) is 0 Å². The standard InChI is InChI=1S/2C11H11.C2H7Si.2FH.Zr/c2*1-8-6-10-5-3-4-9(2)11(10)7-8;1-3-2;;;/h2*3-7H,1-2H3;3H,1-2H3;2*1H;/q;;;;;+2/p-2. The van der Waals surface area contributed by atoms with Gasteiger partial charge in [-0.25, -0.2) is 0 Å². The molecule has 2 aliphatic carbocycles. The molecular formula is C24H29F2SiZr. The van der Waals surface area contributed by atoms with Crippen LogP contribution < -0.4 is 0 Å². The fourth-order valence-electron chi connectivity index (χ4n) is 5.71. The van der Waals surface area contributed by atoms with E-state index in [2.05, 4.69) is 0 Å². The Labute approximate surface area is 170 Å². The van der Waals surface area contributed by atoms with Gasteiger partial charge in [-0.05, 0) is 0 Å². The quantitative estimate of drug-likeness (QED) is 0.408. The molecule has 147 valence electrons. The third-order valence-electron chi connectivity index (χ3n) is 7.20. The van der Waals surface area contributed by atoms with Crippen molar-refractivity contribution in [2.24, 2.45) is 0 Å². The fourth-order valence-corrected chi connectivity index (χ4v) is 31.8. The molecular weight excluding hydrogens is 446 g/mol. The van der Waals surface area contributed by atoms with Crippen molar-refractivity contribution in [3.05, 3.63) is 80.9 Å². The average Bonchev–Trinajstić information content (AvgIpc) is 3.14. The maximum absolute atomic E-state index is 17.7. The summed E-state index contributed by atoms with van der Waals surface area (Å²) in [6.45, 7) is 11.8. The van der Waals surface area contributed by atoms with Crippen molar-refractivity contribution in [1.82, 2.24) is 0 Å². The van der Waals surface area contributed by atoms with Gasteiger partial charge >= 0.3 is 171 Å². The molecule has 2 aliphatic rings. The fraction of sp³-hybridized carbons (Fsp3) is 0.333. The number of hydrogen-bond donors (Lipinski definition) is 0. The van der Waals surface area contributed by atoms with E-state index in [-0.39, 0.29) is 0 Å². The second-order valence-electron chi connectivity index (χ2n) is 9.18. The van der Waals surface area contributed by atoms with Gasteiger partial charge in [0.25, 0.3) is 0 Å². The monoisotopic (exact) mass is 473 g/mol. The Morgan fingerprint density at radius 2 is 1.11 bits per heavy atom. The van der Waals surface area contributed by atoms with Gasteiger partial charge in [0.2, 0.25) is 0 Å². The number of rotatable bonds is 3. The van der Waals surface area contributed by atoms with Crippen molar-refractivity contribution in [2.45, 2.75) is 48.0 Å². The third kappa shape index (κ3) is 2.53. The molecule has 0 aromatic heterocycles. The molecule has 0 radical (unpaired) electrons. The Morgan fingerprint density at radius 1 is 0.714 bits per heavy atom. The van der Waals surface area contributed by atoms with Crippen molar-refractivity contribution in [1.29, 1.82) is 0 Å². The molecule has 0 nitrogen and oxygen atoms in total. The van der Waals surface area contributed by atoms with E-state index < -0.39 is 32.3 Å². The first-order valence-corrected chi connectivity index (χ1v) is 22.0. The second kappa shape index (κ2) is 6.44. The summed E-state index contributed by atoms with van der Waals surface area (Å²) in [5.41, 5.74) is 7.85. The normalized spacial score (nSPS) is 22.4. The van der Waals surface area contributed by atoms with Crippen LogP contribution in [0.15, 0.2) is 47.5 Å². The molecule has 4 rings (SSSR count). The zero-order chi connectivity index (χ0) is 20.5. The Kier molecular flexibility index (Phi) is 4.64. The van der Waals surface area contributed by atoms with Crippen molar-refractivity contribution >= 4 is 18.1 Å². The summed E-state index contributed by atoms with van der Waals surface area (Å²) >= 11 is -6.31. The van der Waals surface area contributed by atoms with Crippen LogP contribution in [0.4, 0.5) is 5.25 Å². The minimum absolute atomic E-state index is 0.650. The van der Waals surface area contributed by atoms with Crippen LogP contribution in [0.5, 0.6) is 0 Å². The first-order chi connectivity index (χ1) is 13.1. The molecule has 0 fully saturated rings. The Hall–Kier alpha value is -1.12. The van der Waals surface area contributed by atoms with Crippen molar-refractivity contribution < 1.29 is 24.4 Å². The molecule has 2 unspecified atom stereocenters. The van der Waals surface area contributed by atoms with Crippen LogP contribution in [0.3, 0.4) is 0 Å². The van der Waals surface area contributed by atoms with Gasteiger partial charge in [-0.15, -0.1) is 0 Å². The number of allylic oxidation sites excluding steroid dienone is 2. The molecule has 0 saturated heterocycles. The number of halogens is 2. The number of benzene rings is 2. The molecule has 2 aromatic carbocycles. The molecule has 0 amide bonds. The van der Waals surface area contributed by atoms with Gasteiger partial charge in [-0.3, -0.25) is 0 Å². The van der Waals surface area contributed by atoms with Gasteiger partial charge in [0.15, 0.2) is 0 Å². The molecule has 2 atom stereocenters. The first kappa shape index (κ1) is 20.2. The van der Waals surface area contributed by atoms with Gasteiger partial charge in [0.1, 0.15) is 0 Å². The summed E-state index contributed by atoms with van der Waals surface area (Å²) in [4.78, 5) is 0. The van der Waals surface area contributed by atoms with Gasteiger partial charge < -0.3 is 0 Å². The van der Waals surface area contributed by atoms with Gasteiger partial charge in [0.05, 0.1) is 0 Å². The Bertz CT molecular complexity index is 971. The van der Waals surface area contributed by atoms with Crippen molar-refractivity contribution in [3.8, 4) is 0 Å². The van der Waals surface area contributed by atoms with E-state index in [4.69, 9.17) is 0 Å². The van der Waals surface area contributed by atoms with Crippen LogP contribution in [0.25, 0.3) is 12.2 Å². The average molecular weight is 475 g/mol. The van der Waals surface area contributed by atoms with Crippen LogP contribution >= 0.6 is 0 Å². The van der Waals surface area contributed by atoms with E-state index in [0.717, 1.165) is 44.5 Å². The Morgan fingerprint density at radius 3 is 1.46 bits per heavy atom. The number of hydrogen-bond acceptors (Lipinski definition) is 0. The summed E-state index contributed by atoms with van der Waals surface area (Å²) in [5.74, 6) is -2.25. The van der Waals surface area contributed by atoms with Gasteiger partial charge in [-0.2, -0.15) is 0 Å². The van der Waals surface area contributed by atoms with Crippen LogP contribution in [0, 0.1) is 13.8 Å². The second-order valence-corrected chi connectivity index (χ2v) is 35.4. The molecule has 0 bridgehead atoms. The summed E-state index contributed by atoms with van der Waals surface area (Å²) in [7, 11) is 0. The number of aryl methyl sites for hydroxylation is 2. The SMILES string of the molecule is CC1=Cc2c(C)cccc2[CH]1[Zr]([F])([F])([CH]1C(C)=Cc2c(C)cccc21)[SiH](C)C. The van der Waals surface area contributed by atoms with Crippen LogP contribution in [-0.4, -0.2) is 5.92 Å². The Balaban J connectivity index is 2.01. The molecule has 0 aliphatic heterocycles. The van der Waals surface area contributed by atoms with Gasteiger partial charge in [0, 0.05) is 0 Å². The first-order valence-electron chi connectivity index (χ1n) is 10.2. The molecule has 0 spiro atoms. The van der Waals surface area contributed by atoms with E-state index in [1.165, 1.54) is 0 Å². The number of fused-ring (bicyclic) bond motifs is 2. The summed E-state index contributed by atoms with van der Waals surface area (Å²) in [6.07, 6.45) is 4.09. The summed E-state index contributed by atoms with van der Waals surface area (Å²) in [6, 6.07) is 11.9. The van der Waals surface area contributed by atoms with Crippen LogP contribution in [0.1, 0.15) is 54.5 Å². The predicted molar refractivity (Wildman–Crippen MR) is 116 cm³/mol. The molecule has 0 saturated carbocycles. The van der Waals surface area contributed by atoms with Crippen molar-refractivity contribution in [3.63, 3.8) is 0 Å². The van der Waals surface area contributed by atoms with E-state index in [9.17, 15) is 0 Å². The minimum atomic E-state index is -6.31. The zero-order valence-corrected chi connectivity index (χ0v) is 21.2. The van der Waals surface area contributed by atoms with E-state index in [1.54, 1.807) is 0 Å². The van der Waals surface area contributed by atoms with E-state index >= 15 is 5.25 Å². The molecule has 0 N–H and O–H groups in total. The van der Waals surface area contributed by atoms with E-state index in [1.807, 2.05) is 89.3 Å². The van der Waals surface area contributed by atoms with Crippen LogP contribution in [0.2, 0.25) is 13.1 Å². The summed E-state index contributed by atoms with van der Waals surface area (Å²) < 4.78 is 34.0. The van der Waals surface area contributed by atoms with Crippen molar-refractivity contribution in [2.75, 3.05) is 0 Å².